The number of benzene rings is 1. The molecule has 0 aliphatic heterocycles. The van der Waals surface area contributed by atoms with Gasteiger partial charge in [-0.1, -0.05) is 24.8 Å². The summed E-state index contributed by atoms with van der Waals surface area (Å²) in [5.41, 5.74) is 0.0154. The lowest BCUT2D eigenvalue weighted by Crippen LogP contribution is -2.25. The van der Waals surface area contributed by atoms with Crippen molar-refractivity contribution in [3.63, 3.8) is 0 Å². The van der Waals surface area contributed by atoms with Crippen molar-refractivity contribution in [2.24, 2.45) is 0 Å². The van der Waals surface area contributed by atoms with Crippen molar-refractivity contribution < 1.29 is 19.8 Å². The van der Waals surface area contributed by atoms with E-state index in [9.17, 15) is 19.8 Å². The molecule has 0 saturated heterocycles. The third-order valence-electron chi connectivity index (χ3n) is 1.73. The molecule has 0 bridgehead atoms. The molecule has 0 unspecified atom stereocenters. The Hall–Kier alpha value is -2.10. The van der Waals surface area contributed by atoms with Crippen molar-refractivity contribution in [1.29, 1.82) is 0 Å². The minimum atomic E-state index is -1.37. The summed E-state index contributed by atoms with van der Waals surface area (Å²) in [6.45, 7) is 3.37. The fourth-order valence-electron chi connectivity index (χ4n) is 1.04. The first-order valence-corrected chi connectivity index (χ1v) is 3.75. The van der Waals surface area contributed by atoms with Crippen molar-refractivity contribution in [1.82, 2.24) is 0 Å². The highest BCUT2D eigenvalue weighted by Gasteiger charge is 2.02. The van der Waals surface area contributed by atoms with E-state index < -0.39 is 11.9 Å². The second-order valence-corrected chi connectivity index (χ2v) is 2.58. The lowest BCUT2D eigenvalue weighted by atomic mass is 10.0. The van der Waals surface area contributed by atoms with E-state index in [-0.39, 0.29) is 16.7 Å². The Labute approximate surface area is 80.1 Å². The highest BCUT2D eigenvalue weighted by Crippen LogP contribution is 2.12. The average molecular weight is 190 g/mol. The summed E-state index contributed by atoms with van der Waals surface area (Å²) in [6, 6.07) is 3.47. The van der Waals surface area contributed by atoms with Crippen LogP contribution < -0.4 is 10.2 Å². The number of carbonyl (C=O) groups excluding carboxylic acids is 2. The fraction of sp³-hybridized carbons (Fsp3) is 0. The Morgan fingerprint density at radius 2 is 1.86 bits per heavy atom. The summed E-state index contributed by atoms with van der Waals surface area (Å²) in [5.74, 6) is -2.73. The van der Waals surface area contributed by atoms with Crippen LogP contribution in [0.3, 0.4) is 0 Å². The Kier molecular flexibility index (Phi) is 2.67. The second-order valence-electron chi connectivity index (χ2n) is 2.58. The van der Waals surface area contributed by atoms with Crippen molar-refractivity contribution in [2.75, 3.05) is 0 Å². The maximum Gasteiger partial charge on any atom is 0.0721 e. The number of carboxylic acid groups (broad SMARTS) is 2. The summed E-state index contributed by atoms with van der Waals surface area (Å²) in [6.07, 6.45) is 1.25. The van der Waals surface area contributed by atoms with Crippen LogP contribution in [0, 0.1) is 0 Å². The molecule has 72 valence electrons. The van der Waals surface area contributed by atoms with Gasteiger partial charge in [-0.2, -0.15) is 0 Å². The van der Waals surface area contributed by atoms with Crippen molar-refractivity contribution in [3.8, 4) is 0 Å². The number of hydrogen-bond acceptors (Lipinski definition) is 4. The summed E-state index contributed by atoms with van der Waals surface area (Å²) < 4.78 is 0. The van der Waals surface area contributed by atoms with Gasteiger partial charge in [0.15, 0.2) is 0 Å². The van der Waals surface area contributed by atoms with Gasteiger partial charge in [0.25, 0.3) is 0 Å². The van der Waals surface area contributed by atoms with Crippen LogP contribution in [-0.2, 0) is 0 Å². The summed E-state index contributed by atoms with van der Waals surface area (Å²) in [7, 11) is 0. The smallest absolute Gasteiger partial charge is 0.0721 e. The first-order valence-electron chi connectivity index (χ1n) is 3.75. The molecule has 1 aromatic rings. The van der Waals surface area contributed by atoms with Crippen LogP contribution in [0.4, 0.5) is 0 Å². The highest BCUT2D eigenvalue weighted by molar-refractivity contribution is 5.94. The molecule has 1 aromatic carbocycles. The quantitative estimate of drug-likeness (QED) is 0.615. The van der Waals surface area contributed by atoms with Gasteiger partial charge in [0.1, 0.15) is 0 Å². The van der Waals surface area contributed by atoms with E-state index in [1.807, 2.05) is 0 Å². The van der Waals surface area contributed by atoms with Gasteiger partial charge in [-0.3, -0.25) is 0 Å². The third-order valence-corrected chi connectivity index (χ3v) is 1.73. The van der Waals surface area contributed by atoms with Crippen molar-refractivity contribution in [3.05, 3.63) is 41.5 Å². The van der Waals surface area contributed by atoms with Gasteiger partial charge in [0, 0.05) is 5.56 Å². The third kappa shape index (κ3) is 1.80. The van der Waals surface area contributed by atoms with Crippen LogP contribution in [0.25, 0.3) is 6.08 Å². The van der Waals surface area contributed by atoms with Gasteiger partial charge in [-0.15, -0.1) is 0 Å². The van der Waals surface area contributed by atoms with Gasteiger partial charge in [-0.25, -0.2) is 0 Å². The second kappa shape index (κ2) is 3.74. The van der Waals surface area contributed by atoms with E-state index >= 15 is 0 Å². The van der Waals surface area contributed by atoms with Crippen LogP contribution in [0.5, 0.6) is 0 Å². The monoisotopic (exact) mass is 190 g/mol. The molecule has 0 aromatic heterocycles. The van der Waals surface area contributed by atoms with E-state index in [0.717, 1.165) is 12.1 Å². The highest BCUT2D eigenvalue weighted by atomic mass is 16.4. The van der Waals surface area contributed by atoms with Gasteiger partial charge >= 0.3 is 0 Å². The minimum Gasteiger partial charge on any atom is -0.545 e. The standard InChI is InChI=1S/C10H8O4/c1-2-6-5-7(9(11)12)3-4-8(6)10(13)14/h2-5H,1H2,(H,11,12)(H,13,14)/p-2. The number of aromatic carboxylic acids is 2. The van der Waals surface area contributed by atoms with Crippen molar-refractivity contribution >= 4 is 18.0 Å². The van der Waals surface area contributed by atoms with Gasteiger partial charge < -0.3 is 19.8 Å². The van der Waals surface area contributed by atoms with E-state index in [2.05, 4.69) is 6.58 Å². The zero-order chi connectivity index (χ0) is 10.7. The van der Waals surface area contributed by atoms with Crippen molar-refractivity contribution in [2.45, 2.75) is 0 Å². The molecule has 0 radical (unpaired) electrons. The number of rotatable bonds is 3. The lowest BCUT2D eigenvalue weighted by Gasteiger charge is -2.09. The van der Waals surface area contributed by atoms with E-state index in [4.69, 9.17) is 0 Å². The molecule has 0 aliphatic rings. The molecule has 0 N–H and O–H groups in total. The van der Waals surface area contributed by atoms with Crippen LogP contribution in [0.1, 0.15) is 26.3 Å². The molecule has 0 aliphatic carbocycles. The minimum absolute atomic E-state index is 0.0926. The normalized spacial score (nSPS) is 9.43. The van der Waals surface area contributed by atoms with Gasteiger partial charge in [0.05, 0.1) is 11.9 Å². The van der Waals surface area contributed by atoms with Crippen LogP contribution in [0.2, 0.25) is 0 Å². The van der Waals surface area contributed by atoms with Gasteiger partial charge in [0.2, 0.25) is 0 Å². The van der Waals surface area contributed by atoms with Gasteiger partial charge in [-0.05, 0) is 17.2 Å². The molecule has 4 heteroatoms. The molecule has 0 fully saturated rings. The zero-order valence-electron chi connectivity index (χ0n) is 7.15. The number of carbonyl (C=O) groups is 2. The molecule has 0 saturated carbocycles. The molecule has 4 nitrogen and oxygen atoms in total. The number of hydrogen-bond donors (Lipinski definition) is 0. The molecule has 1 rings (SSSR count). The van der Waals surface area contributed by atoms with E-state index in [0.29, 0.717) is 0 Å². The SMILES string of the molecule is C=Cc1cc(C(=O)[O-])ccc1C(=O)[O-]. The van der Waals surface area contributed by atoms with Crippen LogP contribution in [-0.4, -0.2) is 11.9 Å². The summed E-state index contributed by atoms with van der Waals surface area (Å²) >= 11 is 0. The van der Waals surface area contributed by atoms with Crippen LogP contribution in [0.15, 0.2) is 24.8 Å². The molecular weight excluding hydrogens is 184 g/mol. The summed E-state index contributed by atoms with van der Waals surface area (Å²) in [4.78, 5) is 21.0. The summed E-state index contributed by atoms with van der Waals surface area (Å²) in [5, 5.41) is 21.0. The Morgan fingerprint density at radius 1 is 1.21 bits per heavy atom. The maximum atomic E-state index is 10.5. The Bertz CT molecular complexity index is 407. The van der Waals surface area contributed by atoms with E-state index in [1.54, 1.807) is 0 Å². The largest absolute Gasteiger partial charge is 0.545 e. The van der Waals surface area contributed by atoms with E-state index in [1.165, 1.54) is 12.1 Å². The Balaban J connectivity index is 3.32. The molecule has 0 atom stereocenters. The molecule has 0 amide bonds. The first-order chi connectivity index (χ1) is 6.56. The van der Waals surface area contributed by atoms with Crippen LogP contribution >= 0.6 is 0 Å². The molecule has 0 spiro atoms. The fourth-order valence-corrected chi connectivity index (χ4v) is 1.04. The molecule has 0 heterocycles. The topological polar surface area (TPSA) is 80.3 Å². The predicted octanol–water partition coefficient (Wildman–Crippen LogP) is -0.943. The number of carboxylic acids is 2. The zero-order valence-corrected chi connectivity index (χ0v) is 7.15. The lowest BCUT2D eigenvalue weighted by molar-refractivity contribution is -0.256. The Morgan fingerprint density at radius 3 is 2.29 bits per heavy atom. The maximum absolute atomic E-state index is 10.5. The molecular formula is C10H6O4-2. The molecule has 14 heavy (non-hydrogen) atoms. The average Bonchev–Trinajstić information content (AvgIpc) is 2.16. The predicted molar refractivity (Wildman–Crippen MR) is 45.2 cm³/mol. The first kappa shape index (κ1) is 9.98.